The molecule has 2 aliphatic rings. The third kappa shape index (κ3) is 4.37. The maximum atomic E-state index is 12.8. The molecule has 2 fully saturated rings. The van der Waals surface area contributed by atoms with Gasteiger partial charge in [0.05, 0.1) is 35.6 Å². The molecule has 1 aliphatic carbocycles. The van der Waals surface area contributed by atoms with Gasteiger partial charge in [-0.15, -0.1) is 0 Å². The van der Waals surface area contributed by atoms with Crippen molar-refractivity contribution in [2.45, 2.75) is 44.2 Å². The van der Waals surface area contributed by atoms with Crippen molar-refractivity contribution in [3.8, 4) is 17.0 Å². The van der Waals surface area contributed by atoms with Gasteiger partial charge in [-0.1, -0.05) is 12.6 Å². The average molecular weight is 486 g/mol. The van der Waals surface area contributed by atoms with E-state index in [9.17, 15) is 4.79 Å². The lowest BCUT2D eigenvalue weighted by atomic mass is 9.89. The van der Waals surface area contributed by atoms with Crippen LogP contribution in [0.5, 0.6) is 5.88 Å². The number of hydrogen-bond donors (Lipinski definition) is 1. The van der Waals surface area contributed by atoms with E-state index in [1.807, 2.05) is 35.0 Å². The summed E-state index contributed by atoms with van der Waals surface area (Å²) in [6.07, 6.45) is 10.4. The second-order valence-electron chi connectivity index (χ2n) is 9.74. The van der Waals surface area contributed by atoms with E-state index < -0.39 is 0 Å². The van der Waals surface area contributed by atoms with Crippen LogP contribution in [0.15, 0.2) is 60.4 Å². The van der Waals surface area contributed by atoms with Crippen molar-refractivity contribution in [2.24, 2.45) is 0 Å². The second-order valence-corrected chi connectivity index (χ2v) is 9.74. The average Bonchev–Trinajstić information content (AvgIpc) is 3.51. The standard InChI is InChI=1S/C28H31N5O3/c1-2-35-22-15-21(16-22)33-27-23-14-19(6-8-24(23)29-18-25(27)31-28(33)34)20-7-9-26(30-17-20)36-13-5-12-32-10-3-4-11-32/h2,6-9,14,17-18,21-22H,1,3-5,10-13,15-16H2,(H,31,34). The predicted octanol–water partition coefficient (Wildman–Crippen LogP) is 4.67. The maximum Gasteiger partial charge on any atom is 0.326 e. The third-order valence-electron chi connectivity index (χ3n) is 7.40. The minimum atomic E-state index is -0.111. The minimum absolute atomic E-state index is 0.0917. The van der Waals surface area contributed by atoms with Crippen LogP contribution in [-0.2, 0) is 4.74 Å². The molecule has 0 radical (unpaired) electrons. The summed E-state index contributed by atoms with van der Waals surface area (Å²) in [4.78, 5) is 27.4. The lowest BCUT2D eigenvalue weighted by molar-refractivity contribution is 0.0338. The number of fused-ring (bicyclic) bond motifs is 3. The smallest absolute Gasteiger partial charge is 0.326 e. The molecule has 1 aromatic carbocycles. The number of ether oxygens (including phenoxy) is 2. The Morgan fingerprint density at radius 2 is 1.92 bits per heavy atom. The summed E-state index contributed by atoms with van der Waals surface area (Å²) < 4.78 is 13.2. The molecule has 0 amide bonds. The van der Waals surface area contributed by atoms with Crippen LogP contribution in [0.4, 0.5) is 0 Å². The Morgan fingerprint density at radius 1 is 1.08 bits per heavy atom. The highest BCUT2D eigenvalue weighted by atomic mass is 16.5. The van der Waals surface area contributed by atoms with Crippen molar-refractivity contribution in [2.75, 3.05) is 26.2 Å². The van der Waals surface area contributed by atoms with Gasteiger partial charge in [-0.05, 0) is 56.1 Å². The molecule has 6 rings (SSSR count). The van der Waals surface area contributed by atoms with Crippen LogP contribution >= 0.6 is 0 Å². The van der Waals surface area contributed by atoms with Crippen LogP contribution < -0.4 is 10.4 Å². The lowest BCUT2D eigenvalue weighted by Gasteiger charge is -2.35. The van der Waals surface area contributed by atoms with E-state index in [0.717, 1.165) is 58.9 Å². The zero-order chi connectivity index (χ0) is 24.5. The summed E-state index contributed by atoms with van der Waals surface area (Å²) in [7, 11) is 0. The number of rotatable bonds is 9. The number of imidazole rings is 1. The SMILES string of the molecule is C=COC1CC(n2c(=O)[nH]c3cnc4ccc(-c5ccc(OCCCN6CCCC6)nc5)cc4c32)C1. The number of likely N-dealkylation sites (tertiary alicyclic amines) is 1. The van der Waals surface area contributed by atoms with Crippen molar-refractivity contribution >= 4 is 21.9 Å². The van der Waals surface area contributed by atoms with Gasteiger partial charge in [0.15, 0.2) is 0 Å². The molecular weight excluding hydrogens is 454 g/mol. The van der Waals surface area contributed by atoms with Gasteiger partial charge in [-0.3, -0.25) is 9.55 Å². The first-order valence-electron chi connectivity index (χ1n) is 12.8. The van der Waals surface area contributed by atoms with Crippen LogP contribution in [0, 0.1) is 0 Å². The van der Waals surface area contributed by atoms with E-state index in [2.05, 4.69) is 32.5 Å². The maximum absolute atomic E-state index is 12.8. The molecule has 186 valence electrons. The van der Waals surface area contributed by atoms with Gasteiger partial charge in [-0.25, -0.2) is 9.78 Å². The van der Waals surface area contributed by atoms with E-state index in [1.54, 1.807) is 6.20 Å². The molecule has 1 aliphatic heterocycles. The normalized spacial score (nSPS) is 20.0. The van der Waals surface area contributed by atoms with Crippen LogP contribution in [-0.4, -0.2) is 56.8 Å². The largest absolute Gasteiger partial charge is 0.498 e. The zero-order valence-corrected chi connectivity index (χ0v) is 20.4. The Labute approximate surface area is 209 Å². The molecule has 8 heteroatoms. The number of benzene rings is 1. The first kappa shape index (κ1) is 22.8. The molecule has 1 saturated carbocycles. The molecule has 0 bridgehead atoms. The van der Waals surface area contributed by atoms with E-state index in [0.29, 0.717) is 12.5 Å². The summed E-state index contributed by atoms with van der Waals surface area (Å²) in [5.41, 5.74) is 4.38. The van der Waals surface area contributed by atoms with E-state index in [4.69, 9.17) is 9.47 Å². The number of H-pyrrole nitrogens is 1. The topological polar surface area (TPSA) is 85.3 Å². The first-order valence-corrected chi connectivity index (χ1v) is 12.8. The number of hydrogen-bond acceptors (Lipinski definition) is 6. The molecule has 0 unspecified atom stereocenters. The number of nitrogens with one attached hydrogen (secondary N) is 1. The van der Waals surface area contributed by atoms with Crippen molar-refractivity contribution in [1.82, 2.24) is 24.4 Å². The van der Waals surface area contributed by atoms with Gasteiger partial charge in [0.1, 0.15) is 6.10 Å². The van der Waals surface area contributed by atoms with Gasteiger partial charge in [0, 0.05) is 48.6 Å². The summed E-state index contributed by atoms with van der Waals surface area (Å²) >= 11 is 0. The fourth-order valence-electron chi connectivity index (χ4n) is 5.44. The van der Waals surface area contributed by atoms with Crippen molar-refractivity contribution in [1.29, 1.82) is 0 Å². The lowest BCUT2D eigenvalue weighted by Crippen LogP contribution is -2.36. The molecule has 4 heterocycles. The highest BCUT2D eigenvalue weighted by molar-refractivity contribution is 6.03. The number of aromatic amines is 1. The Kier molecular flexibility index (Phi) is 6.19. The fraction of sp³-hybridized carbons (Fsp3) is 0.393. The molecule has 8 nitrogen and oxygen atoms in total. The van der Waals surface area contributed by atoms with E-state index in [1.165, 1.54) is 32.2 Å². The van der Waals surface area contributed by atoms with Crippen molar-refractivity contribution in [3.05, 3.63) is 66.1 Å². The molecule has 3 aromatic heterocycles. The van der Waals surface area contributed by atoms with Gasteiger partial charge in [-0.2, -0.15) is 0 Å². The van der Waals surface area contributed by atoms with Crippen LogP contribution in [0.2, 0.25) is 0 Å². The van der Waals surface area contributed by atoms with Crippen molar-refractivity contribution < 1.29 is 9.47 Å². The molecule has 0 spiro atoms. The molecule has 36 heavy (non-hydrogen) atoms. The van der Waals surface area contributed by atoms with Gasteiger partial charge < -0.3 is 19.4 Å². The molecule has 1 N–H and O–H groups in total. The minimum Gasteiger partial charge on any atom is -0.498 e. The number of aromatic nitrogens is 4. The van der Waals surface area contributed by atoms with Gasteiger partial charge in [0.2, 0.25) is 5.88 Å². The van der Waals surface area contributed by atoms with Gasteiger partial charge >= 0.3 is 5.69 Å². The zero-order valence-electron chi connectivity index (χ0n) is 20.4. The summed E-state index contributed by atoms with van der Waals surface area (Å²) in [6, 6.07) is 10.2. The summed E-state index contributed by atoms with van der Waals surface area (Å²) in [5, 5.41) is 0.943. The Balaban J connectivity index is 1.22. The fourth-order valence-corrected chi connectivity index (χ4v) is 5.44. The summed E-state index contributed by atoms with van der Waals surface area (Å²) in [6.45, 7) is 7.82. The van der Waals surface area contributed by atoms with Crippen LogP contribution in [0.1, 0.15) is 38.1 Å². The first-order chi connectivity index (χ1) is 17.7. The van der Waals surface area contributed by atoms with E-state index in [-0.39, 0.29) is 17.8 Å². The number of nitrogens with zero attached hydrogens (tertiary/aromatic N) is 4. The quantitative estimate of drug-likeness (QED) is 0.274. The molecule has 0 atom stereocenters. The summed E-state index contributed by atoms with van der Waals surface area (Å²) in [5.74, 6) is 0.644. The highest BCUT2D eigenvalue weighted by Crippen LogP contribution is 2.37. The third-order valence-corrected chi connectivity index (χ3v) is 7.40. The van der Waals surface area contributed by atoms with Crippen LogP contribution in [0.3, 0.4) is 0 Å². The molecule has 1 saturated heterocycles. The van der Waals surface area contributed by atoms with Gasteiger partial charge in [0.25, 0.3) is 0 Å². The van der Waals surface area contributed by atoms with E-state index >= 15 is 0 Å². The second kappa shape index (κ2) is 9.78. The van der Waals surface area contributed by atoms with Crippen LogP contribution in [0.25, 0.3) is 33.1 Å². The number of pyridine rings is 2. The highest BCUT2D eigenvalue weighted by Gasteiger charge is 2.34. The predicted molar refractivity (Wildman–Crippen MR) is 140 cm³/mol. The Morgan fingerprint density at radius 3 is 2.69 bits per heavy atom. The molecular formula is C28H31N5O3. The Bertz CT molecular complexity index is 1430. The Hall–Kier alpha value is -3.65. The monoisotopic (exact) mass is 485 g/mol. The van der Waals surface area contributed by atoms with Crippen molar-refractivity contribution in [3.63, 3.8) is 0 Å². The molecule has 4 aromatic rings.